The Bertz CT molecular complexity index is 4410. The van der Waals surface area contributed by atoms with Crippen molar-refractivity contribution in [3.05, 3.63) is 366 Å². The van der Waals surface area contributed by atoms with Gasteiger partial charge in [0, 0.05) is 22.1 Å². The molecule has 16 rings (SSSR count). The van der Waals surface area contributed by atoms with Crippen LogP contribution in [-0.4, -0.2) is 0 Å². The maximum absolute atomic E-state index is 5.77. The molecule has 1 aromatic heterocycles. The summed E-state index contributed by atoms with van der Waals surface area (Å²) in [6, 6.07) is 117. The first-order valence-electron chi connectivity index (χ1n) is 28.4. The van der Waals surface area contributed by atoms with Crippen molar-refractivity contribution in [3.63, 3.8) is 0 Å². The highest BCUT2D eigenvalue weighted by Crippen LogP contribution is 2.59. The summed E-state index contributed by atoms with van der Waals surface area (Å²) in [5.41, 5.74) is 25.5. The first-order chi connectivity index (χ1) is 40.7. The average Bonchev–Trinajstić information content (AvgIpc) is 4.42. The molecule has 13 aromatic carbocycles. The molecular formula is C80H53NO. The van der Waals surface area contributed by atoms with E-state index >= 15 is 0 Å². The Morgan fingerprint density at radius 2 is 0.646 bits per heavy atom. The molecule has 2 nitrogen and oxygen atoms in total. The van der Waals surface area contributed by atoms with E-state index < -0.39 is 10.8 Å². The van der Waals surface area contributed by atoms with Crippen molar-refractivity contribution in [2.75, 3.05) is 4.90 Å². The van der Waals surface area contributed by atoms with E-state index in [1.807, 2.05) is 6.07 Å². The molecule has 0 fully saturated rings. The molecule has 0 saturated carbocycles. The minimum absolute atomic E-state index is 0.484. The van der Waals surface area contributed by atoms with Gasteiger partial charge in [-0.1, -0.05) is 255 Å². The lowest BCUT2D eigenvalue weighted by atomic mass is 9.67. The molecule has 2 heteroatoms. The number of fused-ring (bicyclic) bond motifs is 8. The fourth-order valence-corrected chi connectivity index (χ4v) is 14.1. The van der Waals surface area contributed by atoms with E-state index in [1.165, 1.54) is 88.8 Å². The minimum atomic E-state index is -0.484. The van der Waals surface area contributed by atoms with Crippen molar-refractivity contribution in [2.24, 2.45) is 0 Å². The SMILES string of the molecule is c1ccc(C2(c3ccccc3)c3ccccc3-c3ccc(-c4ccc(N(c5ccc(-c6ccc7c(c6)C(c6ccccc6)(c6ccccc6)c6ccccc6-7)cc5)c5ccc(-c6ccc7occc7c6)c6ccccc56)cc4)cc32)cc1. The molecule has 1 heterocycles. The lowest BCUT2D eigenvalue weighted by Crippen LogP contribution is -2.28. The van der Waals surface area contributed by atoms with Crippen LogP contribution in [0.5, 0.6) is 0 Å². The molecule has 14 aromatic rings. The third kappa shape index (κ3) is 7.21. The molecule has 2 aliphatic carbocycles. The number of anilines is 3. The highest BCUT2D eigenvalue weighted by atomic mass is 16.3. The fourth-order valence-electron chi connectivity index (χ4n) is 14.1. The summed E-state index contributed by atoms with van der Waals surface area (Å²) in [4.78, 5) is 2.43. The van der Waals surface area contributed by atoms with Crippen LogP contribution in [0.4, 0.5) is 17.1 Å². The van der Waals surface area contributed by atoms with Gasteiger partial charge in [0.15, 0.2) is 0 Å². The van der Waals surface area contributed by atoms with Crippen LogP contribution >= 0.6 is 0 Å². The van der Waals surface area contributed by atoms with Gasteiger partial charge in [0.05, 0.1) is 22.8 Å². The summed E-state index contributed by atoms with van der Waals surface area (Å²) in [5.74, 6) is 0. The Balaban J connectivity index is 0.832. The Morgan fingerprint density at radius 1 is 0.256 bits per heavy atom. The maximum atomic E-state index is 5.77. The smallest absolute Gasteiger partial charge is 0.133 e. The third-order valence-corrected chi connectivity index (χ3v) is 17.7. The summed E-state index contributed by atoms with van der Waals surface area (Å²) in [6.45, 7) is 0. The predicted molar refractivity (Wildman–Crippen MR) is 339 cm³/mol. The highest BCUT2D eigenvalue weighted by molar-refractivity contribution is 6.07. The van der Waals surface area contributed by atoms with Crippen LogP contribution in [-0.2, 0) is 10.8 Å². The van der Waals surface area contributed by atoms with Crippen LogP contribution < -0.4 is 4.90 Å². The molecular weight excluding hydrogens is 991 g/mol. The number of nitrogens with zero attached hydrogens (tertiary/aromatic N) is 1. The van der Waals surface area contributed by atoms with Gasteiger partial charge < -0.3 is 9.32 Å². The number of hydrogen-bond donors (Lipinski definition) is 0. The molecule has 0 amide bonds. The van der Waals surface area contributed by atoms with E-state index in [4.69, 9.17) is 4.42 Å². The van der Waals surface area contributed by atoms with Crippen molar-refractivity contribution in [1.29, 1.82) is 0 Å². The lowest BCUT2D eigenvalue weighted by Gasteiger charge is -2.34. The summed E-state index contributed by atoms with van der Waals surface area (Å²) >= 11 is 0. The largest absolute Gasteiger partial charge is 0.464 e. The zero-order valence-corrected chi connectivity index (χ0v) is 45.0. The number of rotatable bonds is 10. The van der Waals surface area contributed by atoms with Crippen LogP contribution in [0.25, 0.3) is 77.4 Å². The second-order valence-corrected chi connectivity index (χ2v) is 21.9. The lowest BCUT2D eigenvalue weighted by molar-refractivity contribution is 0.616. The topological polar surface area (TPSA) is 16.4 Å². The van der Waals surface area contributed by atoms with Gasteiger partial charge in [-0.05, 0) is 166 Å². The standard InChI is InChI=1S/C80H53NO/c1-5-19-60(20-6-1)79(61-21-7-2-8-22-61)73-31-17-15-28-68(73)70-44-37-56(52-75(70)79)54-33-40-64(41-34-54)81(77-47-46-66(67-27-13-14-30-72(67)77)58-39-48-78-59(51-58)49-50-82-78)65-42-35-55(36-43-65)57-38-45-71-69-29-16-18-32-74(69)80(76(71)53-57,62-23-9-3-10-24-62)63-25-11-4-12-26-63/h1-53H. The quantitative estimate of drug-likeness (QED) is 0.136. The van der Waals surface area contributed by atoms with Gasteiger partial charge in [0.1, 0.15) is 5.58 Å². The molecule has 384 valence electrons. The van der Waals surface area contributed by atoms with Crippen LogP contribution in [0, 0.1) is 0 Å². The molecule has 0 N–H and O–H groups in total. The van der Waals surface area contributed by atoms with Gasteiger partial charge in [-0.3, -0.25) is 0 Å². The molecule has 0 atom stereocenters. The zero-order chi connectivity index (χ0) is 54.2. The van der Waals surface area contributed by atoms with Gasteiger partial charge >= 0.3 is 0 Å². The first kappa shape index (κ1) is 47.5. The third-order valence-electron chi connectivity index (χ3n) is 17.7. The van der Waals surface area contributed by atoms with Gasteiger partial charge in [0.25, 0.3) is 0 Å². The van der Waals surface area contributed by atoms with Gasteiger partial charge in [-0.15, -0.1) is 0 Å². The Kier molecular flexibility index (Phi) is 11.0. The molecule has 0 saturated heterocycles. The molecule has 82 heavy (non-hydrogen) atoms. The zero-order valence-electron chi connectivity index (χ0n) is 45.0. The van der Waals surface area contributed by atoms with Crippen LogP contribution in [0.2, 0.25) is 0 Å². The Morgan fingerprint density at radius 3 is 1.13 bits per heavy atom. The molecule has 0 unspecified atom stereocenters. The molecule has 2 aliphatic rings. The predicted octanol–water partition coefficient (Wildman–Crippen LogP) is 20.8. The molecule has 0 radical (unpaired) electrons. The minimum Gasteiger partial charge on any atom is -0.464 e. The van der Waals surface area contributed by atoms with Gasteiger partial charge in [-0.25, -0.2) is 0 Å². The van der Waals surface area contributed by atoms with Gasteiger partial charge in [-0.2, -0.15) is 0 Å². The summed E-state index contributed by atoms with van der Waals surface area (Å²) < 4.78 is 5.77. The van der Waals surface area contributed by atoms with E-state index in [0.29, 0.717) is 0 Å². The summed E-state index contributed by atoms with van der Waals surface area (Å²) in [5, 5.41) is 3.43. The van der Waals surface area contributed by atoms with Crippen LogP contribution in [0.3, 0.4) is 0 Å². The molecule has 0 bridgehead atoms. The van der Waals surface area contributed by atoms with Crippen molar-refractivity contribution in [1.82, 2.24) is 0 Å². The van der Waals surface area contributed by atoms with Crippen molar-refractivity contribution in [3.8, 4) is 55.6 Å². The van der Waals surface area contributed by atoms with Crippen molar-refractivity contribution < 1.29 is 4.42 Å². The van der Waals surface area contributed by atoms with E-state index in [1.54, 1.807) is 6.26 Å². The van der Waals surface area contributed by atoms with Crippen molar-refractivity contribution in [2.45, 2.75) is 10.8 Å². The fraction of sp³-hybridized carbons (Fsp3) is 0.0250. The summed E-state index contributed by atoms with van der Waals surface area (Å²) in [6.07, 6.45) is 1.77. The maximum Gasteiger partial charge on any atom is 0.133 e. The second kappa shape index (κ2) is 19.1. The number of hydrogen-bond acceptors (Lipinski definition) is 2. The number of benzene rings is 13. The van der Waals surface area contributed by atoms with Gasteiger partial charge in [0.2, 0.25) is 0 Å². The van der Waals surface area contributed by atoms with E-state index in [-0.39, 0.29) is 0 Å². The number of furan rings is 1. The molecule has 0 spiro atoms. The van der Waals surface area contributed by atoms with E-state index in [2.05, 4.69) is 314 Å². The molecule has 0 aliphatic heterocycles. The Labute approximate surface area is 478 Å². The highest BCUT2D eigenvalue weighted by Gasteiger charge is 2.47. The van der Waals surface area contributed by atoms with E-state index in [9.17, 15) is 0 Å². The normalized spacial score (nSPS) is 13.3. The monoisotopic (exact) mass is 1040 g/mol. The van der Waals surface area contributed by atoms with Crippen LogP contribution in [0.1, 0.15) is 44.5 Å². The van der Waals surface area contributed by atoms with Crippen LogP contribution in [0.15, 0.2) is 326 Å². The second-order valence-electron chi connectivity index (χ2n) is 21.9. The Hall–Kier alpha value is -10.5. The van der Waals surface area contributed by atoms with Crippen molar-refractivity contribution >= 4 is 38.8 Å². The first-order valence-corrected chi connectivity index (χ1v) is 28.4. The summed E-state index contributed by atoms with van der Waals surface area (Å²) in [7, 11) is 0. The average molecular weight is 1040 g/mol. The van der Waals surface area contributed by atoms with E-state index in [0.717, 1.165) is 50.1 Å².